The fraction of sp³-hybridized carbons (Fsp3) is 0.667. The summed E-state index contributed by atoms with van der Waals surface area (Å²) < 4.78 is 36.0. The quantitative estimate of drug-likeness (QED) is 0.260. The number of guanidine groups is 1. The maximum Gasteiger partial charge on any atom is 0.217 e. The first-order valence-corrected chi connectivity index (χ1v) is 8.64. The van der Waals surface area contributed by atoms with Gasteiger partial charge in [-0.3, -0.25) is 4.99 Å². The molecule has 0 radical (unpaired) electrons. The van der Waals surface area contributed by atoms with Crippen molar-refractivity contribution in [1.29, 1.82) is 0 Å². The molecule has 1 aromatic rings. The maximum absolute atomic E-state index is 11.8. The first kappa shape index (κ1) is 20.1. The molecule has 1 fully saturated rings. The molecule has 2 rings (SSSR count). The summed E-state index contributed by atoms with van der Waals surface area (Å²) in [5.41, 5.74) is 6.25. The Morgan fingerprint density at radius 3 is 3.04 bits per heavy atom. The van der Waals surface area contributed by atoms with E-state index < -0.39 is 10.0 Å². The molecular formula is C12H22IN5O4S. The summed E-state index contributed by atoms with van der Waals surface area (Å²) in [6, 6.07) is 1.51. The number of nitrogens with zero attached hydrogens (tertiary/aromatic N) is 3. The van der Waals surface area contributed by atoms with Gasteiger partial charge in [0.15, 0.2) is 5.96 Å². The molecule has 0 saturated carbocycles. The average molecular weight is 459 g/mol. The molecule has 0 aromatic carbocycles. The standard InChI is InChI=1S/C12H21N5O4S.HI/c1-10-8-17(5-7-20-10)12(13)14-3-4-15-22(18,19)9-11-2-6-21-16-11;/h2,6,10,15H,3-5,7-9H2,1H3,(H2,13,14);1H. The molecule has 3 N–H and O–H groups in total. The summed E-state index contributed by atoms with van der Waals surface area (Å²) in [4.78, 5) is 6.11. The van der Waals surface area contributed by atoms with Gasteiger partial charge in [-0.1, -0.05) is 5.16 Å². The highest BCUT2D eigenvalue weighted by molar-refractivity contribution is 14.0. The highest BCUT2D eigenvalue weighted by Crippen LogP contribution is 2.03. The smallest absolute Gasteiger partial charge is 0.217 e. The van der Waals surface area contributed by atoms with Gasteiger partial charge in [0.25, 0.3) is 0 Å². The van der Waals surface area contributed by atoms with Crippen LogP contribution in [-0.4, -0.2) is 63.3 Å². The van der Waals surface area contributed by atoms with E-state index in [4.69, 9.17) is 10.5 Å². The molecule has 2 heterocycles. The Labute approximate surface area is 152 Å². The van der Waals surface area contributed by atoms with E-state index in [1.54, 1.807) is 0 Å². The number of halogens is 1. The molecular weight excluding hydrogens is 437 g/mol. The number of hydrogen-bond acceptors (Lipinski definition) is 6. The Morgan fingerprint density at radius 2 is 2.39 bits per heavy atom. The second-order valence-corrected chi connectivity index (χ2v) is 6.82. The fourth-order valence-electron chi connectivity index (χ4n) is 2.06. The Kier molecular flexibility index (Phi) is 8.22. The number of ether oxygens (including phenoxy) is 1. The first-order chi connectivity index (χ1) is 10.5. The van der Waals surface area contributed by atoms with E-state index in [9.17, 15) is 8.42 Å². The number of morpholine rings is 1. The summed E-state index contributed by atoms with van der Waals surface area (Å²) in [6.45, 7) is 4.42. The number of nitrogens with one attached hydrogen (secondary N) is 1. The summed E-state index contributed by atoms with van der Waals surface area (Å²) in [6.07, 6.45) is 1.45. The summed E-state index contributed by atoms with van der Waals surface area (Å²) in [5, 5.41) is 3.57. The van der Waals surface area contributed by atoms with Crippen LogP contribution in [0.15, 0.2) is 21.8 Å². The predicted octanol–water partition coefficient (Wildman–Crippen LogP) is -0.253. The third-order valence-corrected chi connectivity index (χ3v) is 4.42. The average Bonchev–Trinajstić information content (AvgIpc) is 2.95. The highest BCUT2D eigenvalue weighted by atomic mass is 127. The van der Waals surface area contributed by atoms with Gasteiger partial charge in [0, 0.05) is 25.7 Å². The van der Waals surface area contributed by atoms with Gasteiger partial charge in [-0.15, -0.1) is 24.0 Å². The third kappa shape index (κ3) is 7.01. The Balaban J connectivity index is 0.00000264. The predicted molar refractivity (Wildman–Crippen MR) is 96.0 cm³/mol. The molecule has 1 aromatic heterocycles. The lowest BCUT2D eigenvalue weighted by Crippen LogP contribution is -2.48. The van der Waals surface area contributed by atoms with E-state index in [-0.39, 0.29) is 48.9 Å². The Hall–Kier alpha value is -0.920. The van der Waals surface area contributed by atoms with Gasteiger partial charge >= 0.3 is 0 Å². The Morgan fingerprint density at radius 1 is 1.61 bits per heavy atom. The van der Waals surface area contributed by atoms with Crippen LogP contribution in [0.4, 0.5) is 0 Å². The number of aliphatic imine (C=N–C) groups is 1. The summed E-state index contributed by atoms with van der Waals surface area (Å²) in [5.74, 6) is 0.190. The molecule has 1 unspecified atom stereocenters. The van der Waals surface area contributed by atoms with Crippen LogP contribution in [0.25, 0.3) is 0 Å². The molecule has 1 atom stereocenters. The number of hydrogen-bond donors (Lipinski definition) is 2. The molecule has 11 heteroatoms. The number of sulfonamides is 1. The van der Waals surface area contributed by atoms with Crippen molar-refractivity contribution in [2.24, 2.45) is 10.7 Å². The maximum atomic E-state index is 11.8. The lowest BCUT2D eigenvalue weighted by Gasteiger charge is -2.31. The van der Waals surface area contributed by atoms with Crippen LogP contribution in [0, 0.1) is 0 Å². The Bertz CT molecular complexity index is 593. The van der Waals surface area contributed by atoms with Crippen molar-refractivity contribution in [3.8, 4) is 0 Å². The number of rotatable bonds is 6. The van der Waals surface area contributed by atoms with Crippen LogP contribution in [0.3, 0.4) is 0 Å². The minimum atomic E-state index is -3.45. The van der Waals surface area contributed by atoms with Crippen LogP contribution < -0.4 is 10.5 Å². The highest BCUT2D eigenvalue weighted by Gasteiger charge is 2.18. The molecule has 23 heavy (non-hydrogen) atoms. The molecule has 0 spiro atoms. The number of nitrogens with two attached hydrogens (primary N) is 1. The van der Waals surface area contributed by atoms with Crippen molar-refractivity contribution in [2.45, 2.75) is 18.8 Å². The number of aromatic nitrogens is 1. The van der Waals surface area contributed by atoms with E-state index in [0.717, 1.165) is 0 Å². The monoisotopic (exact) mass is 459 g/mol. The van der Waals surface area contributed by atoms with Crippen LogP contribution in [0.1, 0.15) is 12.6 Å². The zero-order valence-electron chi connectivity index (χ0n) is 12.8. The topological polar surface area (TPSA) is 123 Å². The van der Waals surface area contributed by atoms with E-state index >= 15 is 0 Å². The van der Waals surface area contributed by atoms with E-state index in [1.165, 1.54) is 12.3 Å². The van der Waals surface area contributed by atoms with Gasteiger partial charge in [0.05, 0.1) is 24.9 Å². The van der Waals surface area contributed by atoms with E-state index in [0.29, 0.717) is 31.3 Å². The minimum absolute atomic E-state index is 0. The first-order valence-electron chi connectivity index (χ1n) is 6.99. The molecule has 9 nitrogen and oxygen atoms in total. The van der Waals surface area contributed by atoms with Crippen molar-refractivity contribution in [3.05, 3.63) is 18.0 Å². The zero-order chi connectivity index (χ0) is 16.0. The molecule has 1 aliphatic rings. The fourth-order valence-corrected chi connectivity index (χ4v) is 3.10. The second-order valence-electron chi connectivity index (χ2n) is 5.01. The molecule has 0 bridgehead atoms. The van der Waals surface area contributed by atoms with Gasteiger partial charge < -0.3 is 19.9 Å². The third-order valence-electron chi connectivity index (χ3n) is 3.10. The SMILES string of the molecule is CC1CN(C(N)=NCCNS(=O)(=O)Cc2ccon2)CCO1.I. The molecule has 1 aliphatic heterocycles. The molecule has 1 saturated heterocycles. The summed E-state index contributed by atoms with van der Waals surface area (Å²) in [7, 11) is -3.45. The van der Waals surface area contributed by atoms with Crippen molar-refractivity contribution >= 4 is 40.0 Å². The van der Waals surface area contributed by atoms with E-state index in [1.807, 2.05) is 11.8 Å². The van der Waals surface area contributed by atoms with Crippen LogP contribution in [-0.2, 0) is 20.5 Å². The van der Waals surface area contributed by atoms with Crippen LogP contribution in [0.5, 0.6) is 0 Å². The molecule has 0 aliphatic carbocycles. The normalized spacial score (nSPS) is 19.4. The zero-order valence-corrected chi connectivity index (χ0v) is 16.0. The second kappa shape index (κ2) is 9.39. The van der Waals surface area contributed by atoms with Gasteiger partial charge in [-0.25, -0.2) is 13.1 Å². The molecule has 132 valence electrons. The van der Waals surface area contributed by atoms with Gasteiger partial charge in [0.2, 0.25) is 10.0 Å². The lowest BCUT2D eigenvalue weighted by atomic mass is 10.3. The van der Waals surface area contributed by atoms with Crippen molar-refractivity contribution in [2.75, 3.05) is 32.8 Å². The van der Waals surface area contributed by atoms with Crippen molar-refractivity contribution in [1.82, 2.24) is 14.8 Å². The molecule has 0 amide bonds. The van der Waals surface area contributed by atoms with Crippen molar-refractivity contribution < 1.29 is 17.7 Å². The van der Waals surface area contributed by atoms with Crippen LogP contribution in [0.2, 0.25) is 0 Å². The largest absolute Gasteiger partial charge is 0.375 e. The van der Waals surface area contributed by atoms with E-state index in [2.05, 4.69) is 19.4 Å². The van der Waals surface area contributed by atoms with Gasteiger partial charge in [0.1, 0.15) is 12.0 Å². The lowest BCUT2D eigenvalue weighted by molar-refractivity contribution is 0.00530. The van der Waals surface area contributed by atoms with Gasteiger partial charge in [-0.2, -0.15) is 0 Å². The summed E-state index contributed by atoms with van der Waals surface area (Å²) >= 11 is 0. The van der Waals surface area contributed by atoms with Crippen LogP contribution >= 0.6 is 24.0 Å². The van der Waals surface area contributed by atoms with Crippen molar-refractivity contribution in [3.63, 3.8) is 0 Å². The minimum Gasteiger partial charge on any atom is -0.375 e. The van der Waals surface area contributed by atoms with Gasteiger partial charge in [-0.05, 0) is 6.92 Å².